The Kier molecular flexibility index (Phi) is 5.84. The van der Waals surface area contributed by atoms with Crippen molar-refractivity contribution in [3.63, 3.8) is 0 Å². The first kappa shape index (κ1) is 13.9. The maximum Gasteiger partial charge on any atom is 0.215 e. The highest BCUT2D eigenvalue weighted by molar-refractivity contribution is 7.79. The number of quaternary nitrogens is 1. The van der Waals surface area contributed by atoms with Crippen LogP contribution in [0.5, 0.6) is 0 Å². The Morgan fingerprint density at radius 1 is 1.50 bits per heavy atom. The van der Waals surface area contributed by atoms with Crippen LogP contribution in [-0.4, -0.2) is 49.7 Å². The van der Waals surface area contributed by atoms with Gasteiger partial charge in [-0.05, 0) is 0 Å². The predicted octanol–water partition coefficient (Wildman–Crippen LogP) is -0.779. The molecule has 0 unspecified atom stereocenters. The molecule has 0 aliphatic rings. The zero-order valence-electron chi connectivity index (χ0n) is 7.18. The molecule has 7 heteroatoms. The van der Waals surface area contributed by atoms with Gasteiger partial charge in [0.05, 0.1) is 21.1 Å². The van der Waals surface area contributed by atoms with Crippen LogP contribution in [0.15, 0.2) is 0 Å². The molecule has 0 aromatic rings. The van der Waals surface area contributed by atoms with E-state index in [1.807, 2.05) is 21.1 Å². The lowest BCUT2D eigenvalue weighted by molar-refractivity contribution is -0.863. The quantitative estimate of drug-likeness (QED) is 0.256. The van der Waals surface area contributed by atoms with Gasteiger partial charge in [0.1, 0.15) is 6.07 Å². The molecule has 6 nitrogen and oxygen atoms in total. The van der Waals surface area contributed by atoms with Gasteiger partial charge in [0.2, 0.25) is 10.4 Å². The van der Waals surface area contributed by atoms with Gasteiger partial charge in [-0.15, -0.1) is 0 Å². The molecule has 0 aliphatic carbocycles. The summed E-state index contributed by atoms with van der Waals surface area (Å²) in [5, 5.41) is 8.14. The van der Waals surface area contributed by atoms with Gasteiger partial charge in [-0.3, -0.25) is 4.55 Å². The van der Waals surface area contributed by atoms with Gasteiger partial charge in [-0.2, -0.15) is 5.26 Å². The fraction of sp³-hybridized carbons (Fsp3) is 0.800. The van der Waals surface area contributed by atoms with E-state index < -0.39 is 10.4 Å². The van der Waals surface area contributed by atoms with Crippen molar-refractivity contribution in [1.29, 1.82) is 5.26 Å². The van der Waals surface area contributed by atoms with E-state index in [1.54, 1.807) is 0 Å². The Morgan fingerprint density at radius 3 is 1.75 bits per heavy atom. The van der Waals surface area contributed by atoms with Crippen LogP contribution in [0.4, 0.5) is 0 Å². The molecule has 0 aromatic heterocycles. The predicted molar refractivity (Wildman–Crippen MR) is 40.8 cm³/mol. The highest BCUT2D eigenvalue weighted by Crippen LogP contribution is 1.84. The monoisotopic (exact) mass is 196 g/mol. The maximum absolute atomic E-state index is 8.63. The maximum atomic E-state index is 8.63. The van der Waals surface area contributed by atoms with E-state index in [0.29, 0.717) is 6.54 Å². The summed E-state index contributed by atoms with van der Waals surface area (Å²) in [5.41, 5.74) is 0. The van der Waals surface area contributed by atoms with E-state index in [1.165, 1.54) is 0 Å². The minimum Gasteiger partial charge on any atom is -0.726 e. The molecule has 0 bridgehead atoms. The summed E-state index contributed by atoms with van der Waals surface area (Å²) >= 11 is 0. The average Bonchev–Trinajstić information content (AvgIpc) is 1.54. The molecular formula is C5H12N2O4S. The van der Waals surface area contributed by atoms with E-state index in [2.05, 4.69) is 6.07 Å². The van der Waals surface area contributed by atoms with Crippen LogP contribution in [0.3, 0.4) is 0 Å². The molecule has 0 rings (SSSR count). The van der Waals surface area contributed by atoms with Crippen molar-refractivity contribution in [2.75, 3.05) is 27.7 Å². The van der Waals surface area contributed by atoms with E-state index in [0.717, 1.165) is 4.48 Å². The lowest BCUT2D eigenvalue weighted by Gasteiger charge is -2.18. The first-order valence-corrected chi connectivity index (χ1v) is 4.28. The molecule has 72 valence electrons. The molecule has 0 aliphatic heterocycles. The molecular weight excluding hydrogens is 184 g/mol. The molecule has 0 saturated carbocycles. The average molecular weight is 196 g/mol. The van der Waals surface area contributed by atoms with Crippen LogP contribution in [0.2, 0.25) is 0 Å². The molecule has 0 heterocycles. The van der Waals surface area contributed by atoms with Gasteiger partial charge in [0.15, 0.2) is 6.54 Å². The number of nitriles is 1. The molecule has 0 fully saturated rings. The lowest BCUT2D eigenvalue weighted by Crippen LogP contribution is -2.34. The standard InChI is InChI=1S/C5H11N2.H2O4S/c1-7(2,3)5-4-6;1-5(2,3)4/h5H2,1-3H3;(H2,1,2,3,4)/q+1;/p-1. The Labute approximate surface area is 72.2 Å². The Morgan fingerprint density at radius 2 is 1.75 bits per heavy atom. The molecule has 0 radical (unpaired) electrons. The first-order valence-electron chi connectivity index (χ1n) is 2.92. The third kappa shape index (κ3) is 58.5. The van der Waals surface area contributed by atoms with Crippen molar-refractivity contribution in [3.8, 4) is 6.07 Å². The van der Waals surface area contributed by atoms with E-state index >= 15 is 0 Å². The van der Waals surface area contributed by atoms with E-state index in [-0.39, 0.29) is 0 Å². The summed E-state index contributed by atoms with van der Waals surface area (Å²) in [4.78, 5) is 0. The first-order chi connectivity index (χ1) is 5.06. The van der Waals surface area contributed by atoms with Crippen molar-refractivity contribution in [2.24, 2.45) is 0 Å². The zero-order chi connectivity index (χ0) is 10.4. The Bertz CT molecular complexity index is 238. The molecule has 0 atom stereocenters. The summed E-state index contributed by atoms with van der Waals surface area (Å²) in [7, 11) is 1.05. The largest absolute Gasteiger partial charge is 0.726 e. The van der Waals surface area contributed by atoms with Crippen LogP contribution >= 0.6 is 0 Å². The van der Waals surface area contributed by atoms with Crippen LogP contribution in [0.1, 0.15) is 0 Å². The Hall–Kier alpha value is -0.680. The molecule has 0 spiro atoms. The minimum atomic E-state index is -4.92. The van der Waals surface area contributed by atoms with Crippen LogP contribution < -0.4 is 0 Å². The van der Waals surface area contributed by atoms with Crippen molar-refractivity contribution in [1.82, 2.24) is 0 Å². The van der Waals surface area contributed by atoms with Crippen LogP contribution in [-0.2, 0) is 10.4 Å². The minimum absolute atomic E-state index is 0.583. The van der Waals surface area contributed by atoms with Gasteiger partial charge in [0, 0.05) is 0 Å². The lowest BCUT2D eigenvalue weighted by atomic mass is 10.6. The highest BCUT2D eigenvalue weighted by atomic mass is 32.3. The number of hydrogen-bond acceptors (Lipinski definition) is 4. The summed E-state index contributed by atoms with van der Waals surface area (Å²) < 4.78 is 33.6. The van der Waals surface area contributed by atoms with Gasteiger partial charge in [-0.1, -0.05) is 0 Å². The normalized spacial score (nSPS) is 11.0. The van der Waals surface area contributed by atoms with Crippen molar-refractivity contribution in [3.05, 3.63) is 0 Å². The molecule has 1 N–H and O–H groups in total. The fourth-order valence-corrected chi connectivity index (χ4v) is 0.212. The topological polar surface area (TPSA) is 101 Å². The second kappa shape index (κ2) is 5.05. The zero-order valence-corrected chi connectivity index (χ0v) is 8.00. The number of hydrogen-bond donors (Lipinski definition) is 1. The highest BCUT2D eigenvalue weighted by Gasteiger charge is 2.01. The van der Waals surface area contributed by atoms with E-state index in [4.69, 9.17) is 22.8 Å². The van der Waals surface area contributed by atoms with Crippen LogP contribution in [0.25, 0.3) is 0 Å². The van der Waals surface area contributed by atoms with Gasteiger partial charge in [-0.25, -0.2) is 8.42 Å². The number of nitrogens with zero attached hydrogens (tertiary/aromatic N) is 2. The van der Waals surface area contributed by atoms with Gasteiger partial charge >= 0.3 is 0 Å². The molecule has 0 aromatic carbocycles. The summed E-state index contributed by atoms with van der Waals surface area (Å²) in [6, 6.07) is 2.08. The Balaban J connectivity index is 0. The van der Waals surface area contributed by atoms with Crippen molar-refractivity contribution >= 4 is 10.4 Å². The summed E-state index contributed by atoms with van der Waals surface area (Å²) in [5.74, 6) is 0. The van der Waals surface area contributed by atoms with Crippen LogP contribution in [0, 0.1) is 11.3 Å². The third-order valence-corrected chi connectivity index (χ3v) is 0.545. The van der Waals surface area contributed by atoms with Gasteiger partial charge in [0.25, 0.3) is 0 Å². The fourth-order valence-electron chi connectivity index (χ4n) is 0.212. The van der Waals surface area contributed by atoms with E-state index in [9.17, 15) is 0 Å². The molecule has 0 amide bonds. The smallest absolute Gasteiger partial charge is 0.215 e. The number of rotatable bonds is 1. The summed E-state index contributed by atoms with van der Waals surface area (Å²) in [6.45, 7) is 0.583. The second-order valence-corrected chi connectivity index (χ2v) is 3.89. The molecule has 12 heavy (non-hydrogen) atoms. The van der Waals surface area contributed by atoms with Crippen molar-refractivity contribution in [2.45, 2.75) is 0 Å². The second-order valence-electron chi connectivity index (χ2n) is 3.03. The van der Waals surface area contributed by atoms with Gasteiger partial charge < -0.3 is 9.04 Å². The summed E-state index contributed by atoms with van der Waals surface area (Å²) in [6.07, 6.45) is 0. The van der Waals surface area contributed by atoms with Crippen molar-refractivity contribution < 1.29 is 22.0 Å². The SMILES string of the molecule is C[N+](C)(C)CC#N.O=S(=O)([O-])O. The molecule has 0 saturated heterocycles. The third-order valence-electron chi connectivity index (χ3n) is 0.545.